The summed E-state index contributed by atoms with van der Waals surface area (Å²) in [5, 5.41) is 10.4. The summed E-state index contributed by atoms with van der Waals surface area (Å²) in [6.07, 6.45) is 3.00. The highest BCUT2D eigenvalue weighted by Gasteiger charge is 2.30. The molecule has 1 saturated heterocycles. The van der Waals surface area contributed by atoms with Gasteiger partial charge in [0.1, 0.15) is 0 Å². The average molecular weight is 307 g/mol. The van der Waals surface area contributed by atoms with Gasteiger partial charge in [-0.3, -0.25) is 0 Å². The van der Waals surface area contributed by atoms with Crippen LogP contribution in [0, 0.1) is 11.8 Å². The van der Waals surface area contributed by atoms with Gasteiger partial charge in [-0.25, -0.2) is 12.7 Å². The maximum Gasteiger partial charge on any atom is 0.211 e. The monoisotopic (exact) mass is 307 g/mol. The van der Waals surface area contributed by atoms with Gasteiger partial charge in [0.05, 0.1) is 18.5 Å². The molecule has 1 N–H and O–H groups in total. The molecular formula is C14H29NO4S. The maximum absolute atomic E-state index is 11.6. The van der Waals surface area contributed by atoms with Gasteiger partial charge in [0.15, 0.2) is 0 Å². The van der Waals surface area contributed by atoms with E-state index in [9.17, 15) is 13.5 Å². The molecule has 0 aromatic carbocycles. The van der Waals surface area contributed by atoms with Gasteiger partial charge in [0, 0.05) is 19.7 Å². The van der Waals surface area contributed by atoms with Crippen molar-refractivity contribution < 1.29 is 18.3 Å². The molecule has 120 valence electrons. The van der Waals surface area contributed by atoms with Gasteiger partial charge in [0.25, 0.3) is 0 Å². The predicted octanol–water partition coefficient (Wildman–Crippen LogP) is 1.47. The topological polar surface area (TPSA) is 66.8 Å². The van der Waals surface area contributed by atoms with E-state index in [2.05, 4.69) is 0 Å². The summed E-state index contributed by atoms with van der Waals surface area (Å²) in [6.45, 7) is 7.70. The average Bonchev–Trinajstić information content (AvgIpc) is 2.34. The van der Waals surface area contributed by atoms with Gasteiger partial charge in [0.2, 0.25) is 10.0 Å². The van der Waals surface area contributed by atoms with Crippen LogP contribution in [-0.4, -0.2) is 56.0 Å². The number of aliphatic hydroxyl groups is 1. The Morgan fingerprint density at radius 2 is 2.05 bits per heavy atom. The minimum Gasteiger partial charge on any atom is -0.390 e. The Morgan fingerprint density at radius 3 is 2.55 bits per heavy atom. The van der Waals surface area contributed by atoms with Crippen molar-refractivity contribution in [1.29, 1.82) is 0 Å². The Bertz CT molecular complexity index is 383. The summed E-state index contributed by atoms with van der Waals surface area (Å²) in [5.41, 5.74) is 0. The number of nitrogens with zero attached hydrogens (tertiary/aromatic N) is 1. The van der Waals surface area contributed by atoms with E-state index in [4.69, 9.17) is 4.74 Å². The number of sulfonamides is 1. The van der Waals surface area contributed by atoms with Gasteiger partial charge in [-0.1, -0.05) is 13.8 Å². The molecule has 1 aliphatic heterocycles. The molecular weight excluding hydrogens is 278 g/mol. The van der Waals surface area contributed by atoms with Gasteiger partial charge < -0.3 is 9.84 Å². The Hall–Kier alpha value is -0.170. The molecule has 0 amide bonds. The van der Waals surface area contributed by atoms with Crippen LogP contribution in [0.1, 0.15) is 40.0 Å². The summed E-state index contributed by atoms with van der Waals surface area (Å²) >= 11 is 0. The summed E-state index contributed by atoms with van der Waals surface area (Å²) in [5.74, 6) is 0.467. The molecule has 0 aromatic heterocycles. The third-order valence-corrected chi connectivity index (χ3v) is 5.19. The molecule has 0 spiro atoms. The number of piperidine rings is 1. The number of rotatable bonds is 7. The van der Waals surface area contributed by atoms with Crippen LogP contribution in [0.4, 0.5) is 0 Å². The normalized spacial score (nSPS) is 24.8. The minimum absolute atomic E-state index is 0.173. The number of ether oxygens (including phenoxy) is 1. The van der Waals surface area contributed by atoms with E-state index in [0.717, 1.165) is 12.8 Å². The van der Waals surface area contributed by atoms with Crippen molar-refractivity contribution in [2.24, 2.45) is 11.8 Å². The van der Waals surface area contributed by atoms with Crippen LogP contribution in [0.25, 0.3) is 0 Å². The molecule has 0 saturated carbocycles. The molecule has 0 radical (unpaired) electrons. The van der Waals surface area contributed by atoms with Crippen LogP contribution < -0.4 is 0 Å². The van der Waals surface area contributed by atoms with Crippen LogP contribution in [-0.2, 0) is 14.8 Å². The lowest BCUT2D eigenvalue weighted by Crippen LogP contribution is -2.42. The number of aliphatic hydroxyl groups excluding tert-OH is 1. The molecule has 0 aromatic rings. The Kier molecular flexibility index (Phi) is 6.91. The first-order valence-corrected chi connectivity index (χ1v) is 9.35. The predicted molar refractivity (Wildman–Crippen MR) is 80.0 cm³/mol. The van der Waals surface area contributed by atoms with Crippen molar-refractivity contribution in [2.75, 3.05) is 26.0 Å². The largest absolute Gasteiger partial charge is 0.390 e. The van der Waals surface area contributed by atoms with Crippen molar-refractivity contribution in [3.63, 3.8) is 0 Å². The van der Waals surface area contributed by atoms with Crippen LogP contribution in [0.3, 0.4) is 0 Å². The van der Waals surface area contributed by atoms with Crippen molar-refractivity contribution in [1.82, 2.24) is 4.31 Å². The first kappa shape index (κ1) is 17.9. The molecule has 0 bridgehead atoms. The highest BCUT2D eigenvalue weighted by molar-refractivity contribution is 7.88. The zero-order valence-corrected chi connectivity index (χ0v) is 13.9. The highest BCUT2D eigenvalue weighted by Crippen LogP contribution is 2.25. The molecule has 1 heterocycles. The van der Waals surface area contributed by atoms with E-state index in [1.54, 1.807) is 0 Å². The summed E-state index contributed by atoms with van der Waals surface area (Å²) in [7, 11) is -3.12. The Morgan fingerprint density at radius 1 is 1.40 bits per heavy atom. The smallest absolute Gasteiger partial charge is 0.211 e. The highest BCUT2D eigenvalue weighted by atomic mass is 32.2. The van der Waals surface area contributed by atoms with Gasteiger partial charge >= 0.3 is 0 Å². The summed E-state index contributed by atoms with van der Waals surface area (Å²) < 4.78 is 30.3. The molecule has 1 rings (SSSR count). The minimum atomic E-state index is -3.12. The summed E-state index contributed by atoms with van der Waals surface area (Å²) in [4.78, 5) is 0. The van der Waals surface area contributed by atoms with Crippen LogP contribution in [0.2, 0.25) is 0 Å². The third kappa shape index (κ3) is 5.31. The van der Waals surface area contributed by atoms with Crippen LogP contribution in [0.15, 0.2) is 0 Å². The zero-order chi connectivity index (χ0) is 15.3. The first-order valence-electron chi connectivity index (χ1n) is 7.50. The lowest BCUT2D eigenvalue weighted by molar-refractivity contribution is -0.0668. The first-order chi connectivity index (χ1) is 9.25. The third-order valence-electron chi connectivity index (χ3n) is 3.92. The second-order valence-corrected chi connectivity index (χ2v) is 8.08. The fourth-order valence-corrected chi connectivity index (χ4v) is 3.88. The number of hydrogen-bond acceptors (Lipinski definition) is 4. The van der Waals surface area contributed by atoms with Gasteiger partial charge in [-0.15, -0.1) is 0 Å². The molecule has 3 atom stereocenters. The second kappa shape index (κ2) is 7.73. The van der Waals surface area contributed by atoms with E-state index in [0.29, 0.717) is 26.1 Å². The van der Waals surface area contributed by atoms with Crippen LogP contribution >= 0.6 is 0 Å². The fraction of sp³-hybridized carbons (Fsp3) is 1.00. The molecule has 6 heteroatoms. The van der Waals surface area contributed by atoms with Crippen molar-refractivity contribution in [3.8, 4) is 0 Å². The molecule has 5 nitrogen and oxygen atoms in total. The van der Waals surface area contributed by atoms with Crippen molar-refractivity contribution >= 4 is 10.0 Å². The van der Waals surface area contributed by atoms with Crippen LogP contribution in [0.5, 0.6) is 0 Å². The van der Waals surface area contributed by atoms with E-state index in [1.165, 1.54) is 10.6 Å². The standard InChI is InChI=1S/C14H29NO4S/c1-5-19-14(11(2)3)13(16)9-12-7-6-8-15(10-12)20(4,17)18/h11-14,16H,5-10H2,1-4H3. The fourth-order valence-electron chi connectivity index (χ4n) is 2.94. The van der Waals surface area contributed by atoms with E-state index in [-0.39, 0.29) is 17.9 Å². The van der Waals surface area contributed by atoms with Crippen molar-refractivity contribution in [2.45, 2.75) is 52.2 Å². The molecule has 3 unspecified atom stereocenters. The summed E-state index contributed by atoms with van der Waals surface area (Å²) in [6, 6.07) is 0. The quantitative estimate of drug-likeness (QED) is 0.773. The maximum atomic E-state index is 11.6. The Labute approximate surface area is 123 Å². The van der Waals surface area contributed by atoms with Gasteiger partial charge in [-0.05, 0) is 38.0 Å². The molecule has 20 heavy (non-hydrogen) atoms. The SMILES string of the molecule is CCOC(C(C)C)C(O)CC1CCCN(S(C)(=O)=O)C1. The molecule has 1 fully saturated rings. The van der Waals surface area contributed by atoms with E-state index < -0.39 is 16.1 Å². The van der Waals surface area contributed by atoms with E-state index in [1.807, 2.05) is 20.8 Å². The molecule has 1 aliphatic rings. The second-order valence-electron chi connectivity index (χ2n) is 6.10. The van der Waals surface area contributed by atoms with E-state index >= 15 is 0 Å². The lowest BCUT2D eigenvalue weighted by atomic mass is 9.89. The molecule has 0 aliphatic carbocycles. The van der Waals surface area contributed by atoms with Crippen molar-refractivity contribution in [3.05, 3.63) is 0 Å². The Balaban J connectivity index is 2.58. The number of hydrogen-bond donors (Lipinski definition) is 1. The van der Waals surface area contributed by atoms with Gasteiger partial charge in [-0.2, -0.15) is 0 Å². The zero-order valence-electron chi connectivity index (χ0n) is 13.1. The lowest BCUT2D eigenvalue weighted by Gasteiger charge is -2.34.